The molecule has 0 bridgehead atoms. The zero-order valence-corrected chi connectivity index (χ0v) is 17.4. The molecule has 0 aliphatic heterocycles. The molecule has 3 aromatic heterocycles. The summed E-state index contributed by atoms with van der Waals surface area (Å²) in [5.74, 6) is 0.600. The maximum Gasteiger partial charge on any atom is 0.250 e. The largest absolute Gasteiger partial charge is 0.382 e. The molecule has 0 unspecified atom stereocenters. The highest BCUT2D eigenvalue weighted by molar-refractivity contribution is 5.72. The third-order valence-electron chi connectivity index (χ3n) is 4.92. The molecule has 9 heteroatoms. The first-order valence-corrected chi connectivity index (χ1v) is 10.0. The van der Waals surface area contributed by atoms with Crippen LogP contribution in [-0.4, -0.2) is 26.7 Å². The Morgan fingerprint density at radius 3 is 2.69 bits per heavy atom. The minimum Gasteiger partial charge on any atom is -0.382 e. The Morgan fingerprint density at radius 2 is 1.94 bits per heavy atom. The van der Waals surface area contributed by atoms with Gasteiger partial charge in [0.2, 0.25) is 0 Å². The van der Waals surface area contributed by atoms with Crippen molar-refractivity contribution < 1.29 is 4.52 Å². The summed E-state index contributed by atoms with van der Waals surface area (Å²) in [4.78, 5) is 20.9. The zero-order valence-electron chi connectivity index (χ0n) is 17.4. The van der Waals surface area contributed by atoms with E-state index in [0.29, 0.717) is 35.0 Å². The Bertz CT molecular complexity index is 1330. The summed E-state index contributed by atoms with van der Waals surface area (Å²) < 4.78 is 6.99. The molecule has 4 aromatic rings. The van der Waals surface area contributed by atoms with Crippen molar-refractivity contribution in [3.63, 3.8) is 0 Å². The maximum atomic E-state index is 12.0. The fraction of sp³-hybridized carbons (Fsp3) is 0.174. The van der Waals surface area contributed by atoms with Gasteiger partial charge in [-0.2, -0.15) is 5.26 Å². The lowest BCUT2D eigenvalue weighted by Gasteiger charge is -2.08. The van der Waals surface area contributed by atoms with Gasteiger partial charge >= 0.3 is 0 Å². The molecule has 3 heterocycles. The van der Waals surface area contributed by atoms with Crippen LogP contribution in [0.3, 0.4) is 0 Å². The normalized spacial score (nSPS) is 10.8. The van der Waals surface area contributed by atoms with Gasteiger partial charge in [-0.15, -0.1) is 0 Å². The average Bonchev–Trinajstić information content (AvgIpc) is 3.30. The van der Waals surface area contributed by atoms with Crippen molar-refractivity contribution in [1.82, 2.24) is 25.0 Å². The third kappa shape index (κ3) is 4.40. The number of hydrogen-bond donors (Lipinski definition) is 2. The molecule has 1 aromatic carbocycles. The summed E-state index contributed by atoms with van der Waals surface area (Å²) in [6, 6.07) is 14.9. The van der Waals surface area contributed by atoms with E-state index in [-0.39, 0.29) is 17.8 Å². The summed E-state index contributed by atoms with van der Waals surface area (Å²) in [6.07, 6.45) is 3.42. The molecule has 9 nitrogen and oxygen atoms in total. The van der Waals surface area contributed by atoms with Crippen molar-refractivity contribution in [3.05, 3.63) is 70.8 Å². The number of nitrogens with two attached hydrogens (primary N) is 1. The Balaban J connectivity index is 1.66. The lowest BCUT2D eigenvalue weighted by molar-refractivity contribution is 0.434. The molecule has 160 valence electrons. The predicted octanol–water partition coefficient (Wildman–Crippen LogP) is 2.84. The molecule has 0 aliphatic rings. The minimum absolute atomic E-state index is 0.187. The summed E-state index contributed by atoms with van der Waals surface area (Å²) in [7, 11) is 1.90. The molecule has 0 aliphatic carbocycles. The second-order valence-corrected chi connectivity index (χ2v) is 7.15. The van der Waals surface area contributed by atoms with Crippen LogP contribution < -0.4 is 16.6 Å². The summed E-state index contributed by atoms with van der Waals surface area (Å²) in [5, 5.41) is 16.1. The first-order valence-electron chi connectivity index (χ1n) is 10.0. The van der Waals surface area contributed by atoms with Gasteiger partial charge < -0.3 is 20.1 Å². The smallest absolute Gasteiger partial charge is 0.250 e. The van der Waals surface area contributed by atoms with Crippen molar-refractivity contribution in [3.8, 4) is 40.0 Å². The van der Waals surface area contributed by atoms with Gasteiger partial charge in [0.1, 0.15) is 5.69 Å². The number of nitrogens with zero attached hydrogens (tertiary/aromatic N) is 5. The summed E-state index contributed by atoms with van der Waals surface area (Å²) in [6.45, 7) is 1.09. The number of benzene rings is 1. The number of nitrogens with one attached hydrogen (secondary N) is 1. The average molecular weight is 427 g/mol. The van der Waals surface area contributed by atoms with Gasteiger partial charge in [0.15, 0.2) is 17.3 Å². The van der Waals surface area contributed by atoms with Gasteiger partial charge in [-0.1, -0.05) is 29.4 Å². The van der Waals surface area contributed by atoms with Gasteiger partial charge in [0, 0.05) is 42.5 Å². The van der Waals surface area contributed by atoms with Crippen LogP contribution in [0.1, 0.15) is 12.0 Å². The molecule has 0 fully saturated rings. The molecule has 0 radical (unpaired) electrons. The second kappa shape index (κ2) is 9.24. The van der Waals surface area contributed by atoms with Crippen LogP contribution in [0.2, 0.25) is 0 Å². The molecule has 0 amide bonds. The highest BCUT2D eigenvalue weighted by Crippen LogP contribution is 2.29. The maximum absolute atomic E-state index is 12.0. The number of nitrogen functional groups attached to an aromatic ring is 1. The molecular formula is C23H21N7O2. The number of rotatable bonds is 7. The second-order valence-electron chi connectivity index (χ2n) is 7.15. The van der Waals surface area contributed by atoms with E-state index in [1.54, 1.807) is 18.3 Å². The van der Waals surface area contributed by atoms with E-state index in [4.69, 9.17) is 15.5 Å². The van der Waals surface area contributed by atoms with Gasteiger partial charge in [-0.05, 0) is 18.7 Å². The van der Waals surface area contributed by atoms with Crippen molar-refractivity contribution in [2.24, 2.45) is 0 Å². The van der Waals surface area contributed by atoms with E-state index in [1.807, 2.05) is 37.4 Å². The van der Waals surface area contributed by atoms with Crippen LogP contribution in [0.4, 0.5) is 5.82 Å². The third-order valence-corrected chi connectivity index (χ3v) is 4.92. The number of pyridine rings is 1. The van der Waals surface area contributed by atoms with Crippen molar-refractivity contribution in [1.29, 1.82) is 5.26 Å². The number of aromatic nitrogens is 4. The summed E-state index contributed by atoms with van der Waals surface area (Å²) >= 11 is 0. The lowest BCUT2D eigenvalue weighted by Crippen LogP contribution is -2.18. The van der Waals surface area contributed by atoms with E-state index in [2.05, 4.69) is 20.4 Å². The van der Waals surface area contributed by atoms with Crippen LogP contribution in [0.15, 0.2) is 64.2 Å². The van der Waals surface area contributed by atoms with Gasteiger partial charge in [-0.3, -0.25) is 4.79 Å². The molecule has 0 saturated heterocycles. The Kier molecular flexibility index (Phi) is 6.05. The molecule has 3 N–H and O–H groups in total. The van der Waals surface area contributed by atoms with Crippen LogP contribution in [0.25, 0.3) is 34.0 Å². The number of anilines is 1. The molecule has 32 heavy (non-hydrogen) atoms. The Morgan fingerprint density at radius 1 is 1.16 bits per heavy atom. The number of hydrogen-bond acceptors (Lipinski definition) is 8. The summed E-state index contributed by atoms with van der Waals surface area (Å²) in [5.41, 5.74) is 10.2. The van der Waals surface area contributed by atoms with Crippen molar-refractivity contribution in [2.75, 3.05) is 12.8 Å². The topological polar surface area (TPSA) is 136 Å². The monoisotopic (exact) mass is 427 g/mol. The molecule has 0 spiro atoms. The zero-order chi connectivity index (χ0) is 22.5. The van der Waals surface area contributed by atoms with Gasteiger partial charge in [0.25, 0.3) is 5.56 Å². The standard InChI is InChI=1S/C23H21N7O2/c1-26-12-15-3-5-16(6-4-15)18-11-20(32-29-18)22-23(25)27-13-19(28-22)17-7-8-21(31)30(14-17)10-2-9-24/h3-8,11,13-14,26H,2,10,12H2,1H3,(H2,25,27). The highest BCUT2D eigenvalue weighted by atomic mass is 16.5. The van der Waals surface area contributed by atoms with E-state index >= 15 is 0 Å². The van der Waals surface area contributed by atoms with Crippen LogP contribution in [-0.2, 0) is 13.1 Å². The van der Waals surface area contributed by atoms with Gasteiger partial charge in [0.05, 0.1) is 24.4 Å². The Labute approximate surface area is 184 Å². The van der Waals surface area contributed by atoms with E-state index < -0.39 is 0 Å². The Hall–Kier alpha value is -4.29. The van der Waals surface area contributed by atoms with Crippen LogP contribution in [0.5, 0.6) is 0 Å². The fourth-order valence-corrected chi connectivity index (χ4v) is 3.27. The molecule has 4 rings (SSSR count). The molecule has 0 saturated carbocycles. The van der Waals surface area contributed by atoms with E-state index in [0.717, 1.165) is 12.1 Å². The highest BCUT2D eigenvalue weighted by Gasteiger charge is 2.16. The molecule has 0 atom stereocenters. The van der Waals surface area contributed by atoms with Crippen LogP contribution >= 0.6 is 0 Å². The lowest BCUT2D eigenvalue weighted by atomic mass is 10.1. The number of aryl methyl sites for hydroxylation is 1. The van der Waals surface area contributed by atoms with Crippen molar-refractivity contribution >= 4 is 5.82 Å². The first-order chi connectivity index (χ1) is 15.6. The first kappa shape index (κ1) is 21.0. The van der Waals surface area contributed by atoms with E-state index in [1.165, 1.54) is 22.4 Å². The van der Waals surface area contributed by atoms with Gasteiger partial charge in [-0.25, -0.2) is 9.97 Å². The van der Waals surface area contributed by atoms with E-state index in [9.17, 15) is 4.79 Å². The van der Waals surface area contributed by atoms with Crippen LogP contribution in [0, 0.1) is 11.3 Å². The predicted molar refractivity (Wildman–Crippen MR) is 120 cm³/mol. The number of nitriles is 1. The van der Waals surface area contributed by atoms with Crippen molar-refractivity contribution in [2.45, 2.75) is 19.5 Å². The quantitative estimate of drug-likeness (QED) is 0.459. The minimum atomic E-state index is -0.187. The SMILES string of the molecule is CNCc1ccc(-c2cc(-c3nc(-c4ccc(=O)n(CCC#N)c4)cnc3N)on2)cc1. The fourth-order valence-electron chi connectivity index (χ4n) is 3.27. The molecular weight excluding hydrogens is 406 g/mol.